The molecule has 2 fully saturated rings. The van der Waals surface area contributed by atoms with Crippen LogP contribution in [0.15, 0.2) is 30.3 Å². The molecule has 2 aliphatic carbocycles. The van der Waals surface area contributed by atoms with Crippen molar-refractivity contribution in [2.75, 3.05) is 0 Å². The highest BCUT2D eigenvalue weighted by atomic mass is 16.4. The molecule has 2 aliphatic rings. The quantitative estimate of drug-likeness (QED) is 0.898. The van der Waals surface area contributed by atoms with Crippen LogP contribution in [0.5, 0.6) is 0 Å². The van der Waals surface area contributed by atoms with E-state index in [-0.39, 0.29) is 23.8 Å². The summed E-state index contributed by atoms with van der Waals surface area (Å²) in [5.74, 6) is -0.278. The molecule has 1 aromatic carbocycles. The van der Waals surface area contributed by atoms with Crippen LogP contribution < -0.4 is 5.32 Å². The van der Waals surface area contributed by atoms with Crippen LogP contribution in [0.4, 0.5) is 0 Å². The molecule has 4 nitrogen and oxygen atoms in total. The SMILES string of the molecule is O=C(O)C1CCC(C(=O)NC2CC(c3ccccc3)C2)CC1. The lowest BCUT2D eigenvalue weighted by molar-refractivity contribution is -0.144. The summed E-state index contributed by atoms with van der Waals surface area (Å²) in [5.41, 5.74) is 1.36. The first-order valence-corrected chi connectivity index (χ1v) is 8.21. The summed E-state index contributed by atoms with van der Waals surface area (Å²) in [7, 11) is 0. The third kappa shape index (κ3) is 3.32. The number of nitrogens with one attached hydrogen (secondary N) is 1. The van der Waals surface area contributed by atoms with Gasteiger partial charge >= 0.3 is 5.97 Å². The fourth-order valence-corrected chi connectivity index (χ4v) is 3.65. The number of carbonyl (C=O) groups excluding carboxylic acids is 1. The Kier molecular flexibility index (Phi) is 4.46. The average Bonchev–Trinajstić information content (AvgIpc) is 2.51. The molecular weight excluding hydrogens is 278 g/mol. The van der Waals surface area contributed by atoms with E-state index >= 15 is 0 Å². The van der Waals surface area contributed by atoms with Crippen molar-refractivity contribution in [1.82, 2.24) is 5.32 Å². The van der Waals surface area contributed by atoms with Gasteiger partial charge in [-0.3, -0.25) is 9.59 Å². The van der Waals surface area contributed by atoms with E-state index in [0.29, 0.717) is 31.6 Å². The van der Waals surface area contributed by atoms with E-state index in [1.54, 1.807) is 0 Å². The summed E-state index contributed by atoms with van der Waals surface area (Å²) in [6.45, 7) is 0. The predicted molar refractivity (Wildman–Crippen MR) is 83.4 cm³/mol. The zero-order valence-corrected chi connectivity index (χ0v) is 12.7. The van der Waals surface area contributed by atoms with Gasteiger partial charge in [0.25, 0.3) is 0 Å². The van der Waals surface area contributed by atoms with E-state index in [1.165, 1.54) is 5.56 Å². The number of carbonyl (C=O) groups is 2. The Morgan fingerprint density at radius 3 is 2.14 bits per heavy atom. The van der Waals surface area contributed by atoms with E-state index in [0.717, 1.165) is 12.8 Å². The van der Waals surface area contributed by atoms with Gasteiger partial charge in [-0.15, -0.1) is 0 Å². The maximum atomic E-state index is 12.3. The maximum absolute atomic E-state index is 12.3. The summed E-state index contributed by atoms with van der Waals surface area (Å²) < 4.78 is 0. The lowest BCUT2D eigenvalue weighted by Gasteiger charge is -2.37. The van der Waals surface area contributed by atoms with Gasteiger partial charge in [-0.05, 0) is 50.0 Å². The second-order valence-corrected chi connectivity index (χ2v) is 6.67. The molecule has 0 bridgehead atoms. The number of benzene rings is 1. The van der Waals surface area contributed by atoms with Crippen molar-refractivity contribution in [3.05, 3.63) is 35.9 Å². The van der Waals surface area contributed by atoms with Crippen LogP contribution in [-0.4, -0.2) is 23.0 Å². The largest absolute Gasteiger partial charge is 0.481 e. The molecule has 2 N–H and O–H groups in total. The van der Waals surface area contributed by atoms with Crippen LogP contribution in [0, 0.1) is 11.8 Å². The zero-order valence-electron chi connectivity index (χ0n) is 12.7. The minimum atomic E-state index is -0.719. The normalized spacial score (nSPS) is 31.1. The van der Waals surface area contributed by atoms with E-state index in [1.807, 2.05) is 6.07 Å². The van der Waals surface area contributed by atoms with E-state index < -0.39 is 5.97 Å². The van der Waals surface area contributed by atoms with Gasteiger partial charge in [-0.2, -0.15) is 0 Å². The van der Waals surface area contributed by atoms with E-state index in [9.17, 15) is 9.59 Å². The highest BCUT2D eigenvalue weighted by molar-refractivity contribution is 5.79. The number of hydrogen-bond donors (Lipinski definition) is 2. The van der Waals surface area contributed by atoms with E-state index in [4.69, 9.17) is 5.11 Å². The topological polar surface area (TPSA) is 66.4 Å². The van der Waals surface area contributed by atoms with Crippen LogP contribution in [0.25, 0.3) is 0 Å². The minimum absolute atomic E-state index is 0.00590. The Morgan fingerprint density at radius 2 is 1.55 bits per heavy atom. The number of aliphatic carboxylic acids is 1. The van der Waals surface area contributed by atoms with Gasteiger partial charge in [0, 0.05) is 12.0 Å². The van der Waals surface area contributed by atoms with Crippen molar-refractivity contribution < 1.29 is 14.7 Å². The Labute approximate surface area is 130 Å². The number of carboxylic acids is 1. The van der Waals surface area contributed by atoms with Crippen molar-refractivity contribution in [1.29, 1.82) is 0 Å². The van der Waals surface area contributed by atoms with Gasteiger partial charge in [-0.25, -0.2) is 0 Å². The van der Waals surface area contributed by atoms with Crippen molar-refractivity contribution in [3.8, 4) is 0 Å². The Hall–Kier alpha value is -1.84. The number of hydrogen-bond acceptors (Lipinski definition) is 2. The summed E-state index contributed by atoms with van der Waals surface area (Å²) in [6, 6.07) is 10.7. The molecular formula is C18H23NO3. The molecule has 0 spiro atoms. The molecule has 0 radical (unpaired) electrons. The molecule has 2 saturated carbocycles. The molecule has 0 aliphatic heterocycles. The standard InChI is InChI=1S/C18H23NO3/c20-17(13-6-8-14(9-7-13)18(21)22)19-16-10-15(11-16)12-4-2-1-3-5-12/h1-5,13-16H,6-11H2,(H,19,20)(H,21,22). The van der Waals surface area contributed by atoms with Crippen molar-refractivity contribution in [2.24, 2.45) is 11.8 Å². The molecule has 1 amide bonds. The number of carboxylic acid groups (broad SMARTS) is 1. The Balaban J connectivity index is 1.42. The van der Waals surface area contributed by atoms with Crippen LogP contribution in [-0.2, 0) is 9.59 Å². The summed E-state index contributed by atoms with van der Waals surface area (Å²) in [4.78, 5) is 23.2. The Bertz CT molecular complexity index is 529. The maximum Gasteiger partial charge on any atom is 0.306 e. The molecule has 22 heavy (non-hydrogen) atoms. The highest BCUT2D eigenvalue weighted by Crippen LogP contribution is 2.37. The molecule has 118 valence electrons. The lowest BCUT2D eigenvalue weighted by Crippen LogP contribution is -2.46. The first kappa shape index (κ1) is 15.1. The van der Waals surface area contributed by atoms with Gasteiger partial charge in [0.2, 0.25) is 5.91 Å². The summed E-state index contributed by atoms with van der Waals surface area (Å²) in [5, 5.41) is 12.1. The van der Waals surface area contributed by atoms with Crippen LogP contribution in [0.3, 0.4) is 0 Å². The first-order valence-electron chi connectivity index (χ1n) is 8.21. The number of amides is 1. The van der Waals surface area contributed by atoms with Crippen molar-refractivity contribution >= 4 is 11.9 Å². The van der Waals surface area contributed by atoms with E-state index in [2.05, 4.69) is 29.6 Å². The van der Waals surface area contributed by atoms with Crippen LogP contribution in [0.1, 0.15) is 50.0 Å². The van der Waals surface area contributed by atoms with Gasteiger partial charge in [0.15, 0.2) is 0 Å². The molecule has 3 rings (SSSR count). The third-order valence-corrected chi connectivity index (χ3v) is 5.20. The highest BCUT2D eigenvalue weighted by Gasteiger charge is 2.34. The van der Waals surface area contributed by atoms with Gasteiger partial charge in [0.05, 0.1) is 5.92 Å². The van der Waals surface area contributed by atoms with Gasteiger partial charge < -0.3 is 10.4 Å². The molecule has 0 heterocycles. The minimum Gasteiger partial charge on any atom is -0.481 e. The second-order valence-electron chi connectivity index (χ2n) is 6.67. The lowest BCUT2D eigenvalue weighted by atomic mass is 9.75. The Morgan fingerprint density at radius 1 is 0.955 bits per heavy atom. The third-order valence-electron chi connectivity index (χ3n) is 5.20. The molecule has 1 aromatic rings. The molecule has 0 saturated heterocycles. The second kappa shape index (κ2) is 6.51. The fraction of sp³-hybridized carbons (Fsp3) is 0.556. The molecule has 4 heteroatoms. The zero-order chi connectivity index (χ0) is 15.5. The summed E-state index contributed by atoms with van der Waals surface area (Å²) in [6.07, 6.45) is 4.70. The fourth-order valence-electron chi connectivity index (χ4n) is 3.65. The monoisotopic (exact) mass is 301 g/mol. The summed E-state index contributed by atoms with van der Waals surface area (Å²) >= 11 is 0. The number of rotatable bonds is 4. The smallest absolute Gasteiger partial charge is 0.306 e. The van der Waals surface area contributed by atoms with Crippen LogP contribution in [0.2, 0.25) is 0 Å². The average molecular weight is 301 g/mol. The van der Waals surface area contributed by atoms with Crippen molar-refractivity contribution in [2.45, 2.75) is 50.5 Å². The molecule has 0 atom stereocenters. The van der Waals surface area contributed by atoms with Gasteiger partial charge in [-0.1, -0.05) is 30.3 Å². The predicted octanol–water partition coefficient (Wildman–Crippen LogP) is 2.94. The molecule has 0 aromatic heterocycles. The van der Waals surface area contributed by atoms with Gasteiger partial charge in [0.1, 0.15) is 0 Å². The molecule has 0 unspecified atom stereocenters. The van der Waals surface area contributed by atoms with Crippen LogP contribution >= 0.6 is 0 Å². The first-order chi connectivity index (χ1) is 10.6. The van der Waals surface area contributed by atoms with Crippen molar-refractivity contribution in [3.63, 3.8) is 0 Å².